The number of nitrogens with one attached hydrogen (secondary N) is 1. The number of anilines is 1. The summed E-state index contributed by atoms with van der Waals surface area (Å²) in [6, 6.07) is 1.97. The molecule has 4 heteroatoms. The van der Waals surface area contributed by atoms with Gasteiger partial charge in [-0.3, -0.25) is 0 Å². The molecule has 0 bridgehead atoms. The van der Waals surface area contributed by atoms with E-state index in [1.807, 2.05) is 13.1 Å². The van der Waals surface area contributed by atoms with Gasteiger partial charge < -0.3 is 9.88 Å². The Balaban J connectivity index is 3.16. The van der Waals surface area contributed by atoms with Crippen molar-refractivity contribution in [2.75, 3.05) is 12.4 Å². The monoisotopic (exact) mass is 136 g/mol. The summed E-state index contributed by atoms with van der Waals surface area (Å²) >= 11 is 0. The lowest BCUT2D eigenvalue weighted by Crippen LogP contribution is -1.97. The van der Waals surface area contributed by atoms with Gasteiger partial charge in [-0.05, 0) is 0 Å². The van der Waals surface area contributed by atoms with E-state index < -0.39 is 0 Å². The molecule has 4 nitrogen and oxygen atoms in total. The molecule has 0 saturated carbocycles. The third kappa shape index (κ3) is 0.818. The molecule has 0 aliphatic rings. The molecule has 0 aliphatic heterocycles. The molecule has 1 N–H and O–H groups in total. The highest BCUT2D eigenvalue weighted by atomic mass is 15.1. The standard InChI is InChI=1S/C6H8N4/c1-8-6-5(3-7)9-4-10(6)2/h4,8H,1-2H3. The number of nitriles is 1. The van der Waals surface area contributed by atoms with E-state index >= 15 is 0 Å². The predicted octanol–water partition coefficient (Wildman–Crippen LogP) is 0.333. The van der Waals surface area contributed by atoms with Crippen LogP contribution in [-0.4, -0.2) is 16.6 Å². The first kappa shape index (κ1) is 6.62. The first-order valence-corrected chi connectivity index (χ1v) is 2.88. The van der Waals surface area contributed by atoms with Crippen LogP contribution in [0.1, 0.15) is 5.69 Å². The molecule has 52 valence electrons. The van der Waals surface area contributed by atoms with Crippen LogP contribution in [0.3, 0.4) is 0 Å². The summed E-state index contributed by atoms with van der Waals surface area (Å²) in [6.45, 7) is 0. The topological polar surface area (TPSA) is 53.6 Å². The SMILES string of the molecule is CNc1c(C#N)ncn1C. The van der Waals surface area contributed by atoms with Gasteiger partial charge in [0.1, 0.15) is 11.9 Å². The lowest BCUT2D eigenvalue weighted by atomic mass is 10.5. The molecule has 1 aromatic heterocycles. The van der Waals surface area contributed by atoms with Crippen molar-refractivity contribution < 1.29 is 0 Å². The van der Waals surface area contributed by atoms with Gasteiger partial charge in [0.15, 0.2) is 5.69 Å². The number of imidazole rings is 1. The summed E-state index contributed by atoms with van der Waals surface area (Å²) in [5, 5.41) is 11.4. The Kier molecular flexibility index (Phi) is 1.59. The van der Waals surface area contributed by atoms with E-state index in [1.54, 1.807) is 17.9 Å². The van der Waals surface area contributed by atoms with E-state index in [2.05, 4.69) is 10.3 Å². The van der Waals surface area contributed by atoms with E-state index in [-0.39, 0.29) is 0 Å². The Hall–Kier alpha value is -1.50. The Morgan fingerprint density at radius 1 is 1.80 bits per heavy atom. The minimum Gasteiger partial charge on any atom is -0.372 e. The van der Waals surface area contributed by atoms with Crippen molar-refractivity contribution in [1.29, 1.82) is 5.26 Å². The molecule has 0 spiro atoms. The fraction of sp³-hybridized carbons (Fsp3) is 0.333. The second-order valence-corrected chi connectivity index (χ2v) is 1.91. The maximum Gasteiger partial charge on any atom is 0.182 e. The summed E-state index contributed by atoms with van der Waals surface area (Å²) in [7, 11) is 3.59. The zero-order valence-electron chi connectivity index (χ0n) is 5.92. The highest BCUT2D eigenvalue weighted by molar-refractivity contribution is 5.47. The Morgan fingerprint density at radius 2 is 2.50 bits per heavy atom. The van der Waals surface area contributed by atoms with Crippen molar-refractivity contribution in [3.05, 3.63) is 12.0 Å². The summed E-state index contributed by atoms with van der Waals surface area (Å²) in [5.41, 5.74) is 0.435. The highest BCUT2D eigenvalue weighted by Crippen LogP contribution is 2.09. The number of hydrogen-bond donors (Lipinski definition) is 1. The molecule has 1 rings (SSSR count). The zero-order valence-corrected chi connectivity index (χ0v) is 5.92. The average Bonchev–Trinajstić information content (AvgIpc) is 2.30. The Bertz CT molecular complexity index is 268. The van der Waals surface area contributed by atoms with Crippen LogP contribution in [0.4, 0.5) is 5.82 Å². The number of rotatable bonds is 1. The van der Waals surface area contributed by atoms with Gasteiger partial charge in [-0.2, -0.15) is 5.26 Å². The lowest BCUT2D eigenvalue weighted by molar-refractivity contribution is 0.918. The van der Waals surface area contributed by atoms with Gasteiger partial charge in [0.05, 0.1) is 6.33 Å². The third-order valence-corrected chi connectivity index (χ3v) is 1.28. The minimum absolute atomic E-state index is 0.435. The van der Waals surface area contributed by atoms with Gasteiger partial charge >= 0.3 is 0 Å². The van der Waals surface area contributed by atoms with Crippen molar-refractivity contribution in [3.63, 3.8) is 0 Å². The van der Waals surface area contributed by atoms with Crippen LogP contribution in [0.2, 0.25) is 0 Å². The van der Waals surface area contributed by atoms with Gasteiger partial charge in [-0.1, -0.05) is 0 Å². The minimum atomic E-state index is 0.435. The Morgan fingerprint density at radius 3 is 2.90 bits per heavy atom. The maximum absolute atomic E-state index is 8.50. The van der Waals surface area contributed by atoms with E-state index in [0.29, 0.717) is 5.69 Å². The van der Waals surface area contributed by atoms with Crippen LogP contribution >= 0.6 is 0 Å². The van der Waals surface area contributed by atoms with Crippen molar-refractivity contribution >= 4 is 5.82 Å². The van der Waals surface area contributed by atoms with Crippen LogP contribution in [0.5, 0.6) is 0 Å². The van der Waals surface area contributed by atoms with Crippen LogP contribution in [0, 0.1) is 11.3 Å². The molecule has 0 saturated heterocycles. The van der Waals surface area contributed by atoms with Crippen LogP contribution < -0.4 is 5.32 Å². The molecule has 0 aromatic carbocycles. The summed E-state index contributed by atoms with van der Waals surface area (Å²) in [5.74, 6) is 0.752. The van der Waals surface area contributed by atoms with Gasteiger partial charge in [0, 0.05) is 14.1 Å². The molecule has 0 amide bonds. The molecule has 1 heterocycles. The molecular formula is C6H8N4. The van der Waals surface area contributed by atoms with Gasteiger partial charge in [0.2, 0.25) is 0 Å². The van der Waals surface area contributed by atoms with Crippen molar-refractivity contribution in [2.24, 2.45) is 7.05 Å². The first-order valence-electron chi connectivity index (χ1n) is 2.88. The second-order valence-electron chi connectivity index (χ2n) is 1.91. The summed E-state index contributed by atoms with van der Waals surface area (Å²) in [4.78, 5) is 3.84. The molecule has 0 fully saturated rings. The van der Waals surface area contributed by atoms with Crippen LogP contribution in [0.15, 0.2) is 6.33 Å². The van der Waals surface area contributed by atoms with Crippen molar-refractivity contribution in [3.8, 4) is 6.07 Å². The zero-order chi connectivity index (χ0) is 7.56. The summed E-state index contributed by atoms with van der Waals surface area (Å²) in [6.07, 6.45) is 1.60. The Labute approximate surface area is 59.1 Å². The van der Waals surface area contributed by atoms with Crippen molar-refractivity contribution in [2.45, 2.75) is 0 Å². The van der Waals surface area contributed by atoms with E-state index in [9.17, 15) is 0 Å². The third-order valence-electron chi connectivity index (χ3n) is 1.28. The fourth-order valence-corrected chi connectivity index (χ4v) is 0.807. The highest BCUT2D eigenvalue weighted by Gasteiger charge is 2.03. The predicted molar refractivity (Wildman–Crippen MR) is 37.5 cm³/mol. The quantitative estimate of drug-likeness (QED) is 0.605. The lowest BCUT2D eigenvalue weighted by Gasteiger charge is -1.98. The number of hydrogen-bond acceptors (Lipinski definition) is 3. The van der Waals surface area contributed by atoms with E-state index in [4.69, 9.17) is 5.26 Å². The summed E-state index contributed by atoms with van der Waals surface area (Å²) < 4.78 is 1.76. The molecule has 0 atom stereocenters. The van der Waals surface area contributed by atoms with Gasteiger partial charge in [-0.15, -0.1) is 0 Å². The molecule has 0 radical (unpaired) electrons. The largest absolute Gasteiger partial charge is 0.372 e. The van der Waals surface area contributed by atoms with Gasteiger partial charge in [-0.25, -0.2) is 4.98 Å². The maximum atomic E-state index is 8.50. The average molecular weight is 136 g/mol. The van der Waals surface area contributed by atoms with Crippen LogP contribution in [0.25, 0.3) is 0 Å². The van der Waals surface area contributed by atoms with E-state index in [0.717, 1.165) is 5.82 Å². The van der Waals surface area contributed by atoms with Gasteiger partial charge in [0.25, 0.3) is 0 Å². The molecule has 0 aliphatic carbocycles. The number of aryl methyl sites for hydroxylation is 1. The molecule has 0 unspecified atom stereocenters. The molecular weight excluding hydrogens is 128 g/mol. The van der Waals surface area contributed by atoms with Crippen molar-refractivity contribution in [1.82, 2.24) is 9.55 Å². The number of nitrogens with zero attached hydrogens (tertiary/aromatic N) is 3. The smallest absolute Gasteiger partial charge is 0.182 e. The normalized spacial score (nSPS) is 8.90. The molecule has 10 heavy (non-hydrogen) atoms. The second kappa shape index (κ2) is 2.40. The number of aromatic nitrogens is 2. The first-order chi connectivity index (χ1) is 4.79. The van der Waals surface area contributed by atoms with Crippen LogP contribution in [-0.2, 0) is 7.05 Å². The fourth-order valence-electron chi connectivity index (χ4n) is 0.807. The van der Waals surface area contributed by atoms with E-state index in [1.165, 1.54) is 0 Å². The molecule has 1 aromatic rings.